The molecule has 2 aliphatic heterocycles. The van der Waals surface area contributed by atoms with E-state index in [0.29, 0.717) is 13.1 Å². The highest BCUT2D eigenvalue weighted by molar-refractivity contribution is 5.92. The molecule has 1 aromatic carbocycles. The number of carbonyl (C=O) groups is 1. The highest BCUT2D eigenvalue weighted by atomic mass is 16.5. The number of fused-ring (bicyclic) bond motifs is 1. The van der Waals surface area contributed by atoms with Gasteiger partial charge in [0.25, 0.3) is 0 Å². The van der Waals surface area contributed by atoms with Crippen LogP contribution in [0.1, 0.15) is 11.1 Å². The van der Waals surface area contributed by atoms with E-state index in [0.717, 1.165) is 43.4 Å². The third kappa shape index (κ3) is 3.47. The van der Waals surface area contributed by atoms with E-state index in [1.165, 1.54) is 5.56 Å². The molecule has 0 saturated carbocycles. The fourth-order valence-corrected chi connectivity index (χ4v) is 3.16. The number of aromatic nitrogens is 2. The van der Waals surface area contributed by atoms with Gasteiger partial charge < -0.3 is 14.5 Å². The number of anilines is 1. The van der Waals surface area contributed by atoms with Crippen molar-refractivity contribution in [1.82, 2.24) is 14.9 Å². The number of amides is 1. The van der Waals surface area contributed by atoms with Crippen LogP contribution in [-0.2, 0) is 11.2 Å². The molecule has 3 heterocycles. The van der Waals surface area contributed by atoms with E-state index in [9.17, 15) is 4.79 Å². The van der Waals surface area contributed by atoms with Crippen LogP contribution in [0.15, 0.2) is 42.7 Å². The van der Waals surface area contributed by atoms with E-state index in [2.05, 4.69) is 20.9 Å². The van der Waals surface area contributed by atoms with Crippen molar-refractivity contribution >= 4 is 17.9 Å². The minimum absolute atomic E-state index is 0.0466. The fourth-order valence-electron chi connectivity index (χ4n) is 3.16. The molecule has 6 heteroatoms. The Balaban J connectivity index is 1.34. The number of nitrogens with zero attached hydrogens (tertiary/aromatic N) is 4. The average molecular weight is 336 g/mol. The van der Waals surface area contributed by atoms with Crippen molar-refractivity contribution < 1.29 is 9.53 Å². The lowest BCUT2D eigenvalue weighted by molar-refractivity contribution is -0.126. The molecule has 0 spiro atoms. The van der Waals surface area contributed by atoms with Crippen LogP contribution in [0.25, 0.3) is 6.08 Å². The molecular formula is C19H20N4O2. The van der Waals surface area contributed by atoms with Crippen molar-refractivity contribution in [3.05, 3.63) is 53.9 Å². The lowest BCUT2D eigenvalue weighted by Crippen LogP contribution is -2.48. The molecule has 0 radical (unpaired) electrons. The first-order valence-corrected chi connectivity index (χ1v) is 8.54. The third-order valence-corrected chi connectivity index (χ3v) is 4.56. The molecule has 1 amide bonds. The van der Waals surface area contributed by atoms with Gasteiger partial charge in [-0.3, -0.25) is 4.79 Å². The Hall–Kier alpha value is -2.89. The van der Waals surface area contributed by atoms with Crippen LogP contribution in [0.4, 0.5) is 5.95 Å². The van der Waals surface area contributed by atoms with Crippen molar-refractivity contribution in [2.75, 3.05) is 37.7 Å². The van der Waals surface area contributed by atoms with Gasteiger partial charge in [-0.2, -0.15) is 0 Å². The smallest absolute Gasteiger partial charge is 0.246 e. The van der Waals surface area contributed by atoms with E-state index < -0.39 is 0 Å². The van der Waals surface area contributed by atoms with Crippen LogP contribution < -0.4 is 9.64 Å². The number of piperazine rings is 1. The highest BCUT2D eigenvalue weighted by Crippen LogP contribution is 2.26. The summed E-state index contributed by atoms with van der Waals surface area (Å²) < 4.78 is 5.51. The highest BCUT2D eigenvalue weighted by Gasteiger charge is 2.21. The molecule has 128 valence electrons. The molecule has 0 aliphatic carbocycles. The zero-order chi connectivity index (χ0) is 17.1. The maximum atomic E-state index is 12.4. The van der Waals surface area contributed by atoms with Crippen LogP contribution in [-0.4, -0.2) is 53.6 Å². The van der Waals surface area contributed by atoms with Crippen LogP contribution in [0, 0.1) is 0 Å². The summed E-state index contributed by atoms with van der Waals surface area (Å²) in [6, 6.07) is 7.86. The number of hydrogen-bond acceptors (Lipinski definition) is 5. The summed E-state index contributed by atoms with van der Waals surface area (Å²) in [7, 11) is 0. The standard InChI is InChI=1S/C19H20N4O2/c24-18(5-3-15-2-4-17-16(14-15)6-13-25-17)22-9-11-23(12-10-22)19-20-7-1-8-21-19/h1-5,7-8,14H,6,9-13H2/b5-3+. The molecule has 25 heavy (non-hydrogen) atoms. The third-order valence-electron chi connectivity index (χ3n) is 4.56. The van der Waals surface area contributed by atoms with Crippen molar-refractivity contribution in [1.29, 1.82) is 0 Å². The Morgan fingerprint density at radius 2 is 1.92 bits per heavy atom. The summed E-state index contributed by atoms with van der Waals surface area (Å²) in [4.78, 5) is 24.9. The monoisotopic (exact) mass is 336 g/mol. The summed E-state index contributed by atoms with van der Waals surface area (Å²) in [6.07, 6.45) is 7.96. The van der Waals surface area contributed by atoms with Crippen LogP contribution in [0.3, 0.4) is 0 Å². The first kappa shape index (κ1) is 15.6. The van der Waals surface area contributed by atoms with Crippen molar-refractivity contribution in [2.45, 2.75) is 6.42 Å². The van der Waals surface area contributed by atoms with Crippen molar-refractivity contribution in [3.63, 3.8) is 0 Å². The fraction of sp³-hybridized carbons (Fsp3) is 0.316. The van der Waals surface area contributed by atoms with Crippen LogP contribution >= 0.6 is 0 Å². The summed E-state index contributed by atoms with van der Waals surface area (Å²) >= 11 is 0. The number of carbonyl (C=O) groups excluding carboxylic acids is 1. The van der Waals surface area contributed by atoms with Crippen LogP contribution in [0.5, 0.6) is 5.75 Å². The lowest BCUT2D eigenvalue weighted by Gasteiger charge is -2.34. The number of ether oxygens (including phenoxy) is 1. The van der Waals surface area contributed by atoms with Gasteiger partial charge in [0.2, 0.25) is 11.9 Å². The number of hydrogen-bond donors (Lipinski definition) is 0. The van der Waals surface area contributed by atoms with Gasteiger partial charge in [-0.05, 0) is 35.4 Å². The minimum Gasteiger partial charge on any atom is -0.493 e. The molecule has 6 nitrogen and oxygen atoms in total. The Bertz CT molecular complexity index is 783. The molecule has 1 saturated heterocycles. The molecule has 1 fully saturated rings. The van der Waals surface area contributed by atoms with Gasteiger partial charge in [0, 0.05) is 51.1 Å². The van der Waals surface area contributed by atoms with E-state index in [1.54, 1.807) is 24.5 Å². The molecule has 0 bridgehead atoms. The molecule has 0 atom stereocenters. The predicted octanol–water partition coefficient (Wildman–Crippen LogP) is 1.77. The van der Waals surface area contributed by atoms with E-state index >= 15 is 0 Å². The van der Waals surface area contributed by atoms with Gasteiger partial charge in [0.05, 0.1) is 6.61 Å². The zero-order valence-corrected chi connectivity index (χ0v) is 14.0. The van der Waals surface area contributed by atoms with Crippen molar-refractivity contribution in [3.8, 4) is 5.75 Å². The second-order valence-corrected chi connectivity index (χ2v) is 6.16. The number of rotatable bonds is 3. The quantitative estimate of drug-likeness (QED) is 0.800. The Kier molecular flexibility index (Phi) is 4.33. The topological polar surface area (TPSA) is 58.6 Å². The van der Waals surface area contributed by atoms with Gasteiger partial charge in [-0.25, -0.2) is 9.97 Å². The first-order chi connectivity index (χ1) is 12.3. The van der Waals surface area contributed by atoms with Gasteiger partial charge in [0.1, 0.15) is 5.75 Å². The molecule has 0 unspecified atom stereocenters. The lowest BCUT2D eigenvalue weighted by atomic mass is 10.1. The summed E-state index contributed by atoms with van der Waals surface area (Å²) in [5.41, 5.74) is 2.25. The SMILES string of the molecule is O=C(/C=C/c1ccc2c(c1)CCO2)N1CCN(c2ncccn2)CC1. The van der Waals surface area contributed by atoms with E-state index in [-0.39, 0.29) is 5.91 Å². The molecule has 2 aromatic rings. The molecule has 1 aromatic heterocycles. The average Bonchev–Trinajstić information content (AvgIpc) is 3.15. The van der Waals surface area contributed by atoms with E-state index in [4.69, 9.17) is 4.74 Å². The second kappa shape index (κ2) is 6.93. The molecule has 0 N–H and O–H groups in total. The molecule has 4 rings (SSSR count). The largest absolute Gasteiger partial charge is 0.493 e. The van der Waals surface area contributed by atoms with Gasteiger partial charge in [-0.1, -0.05) is 6.07 Å². The van der Waals surface area contributed by atoms with Gasteiger partial charge in [-0.15, -0.1) is 0 Å². The van der Waals surface area contributed by atoms with Gasteiger partial charge in [0.15, 0.2) is 0 Å². The minimum atomic E-state index is 0.0466. The maximum Gasteiger partial charge on any atom is 0.246 e. The zero-order valence-electron chi connectivity index (χ0n) is 14.0. The summed E-state index contributed by atoms with van der Waals surface area (Å²) in [5.74, 6) is 1.73. The predicted molar refractivity (Wildman–Crippen MR) is 95.5 cm³/mol. The Morgan fingerprint density at radius 3 is 2.72 bits per heavy atom. The number of benzene rings is 1. The maximum absolute atomic E-state index is 12.4. The Morgan fingerprint density at radius 1 is 1.12 bits per heavy atom. The van der Waals surface area contributed by atoms with Crippen molar-refractivity contribution in [2.24, 2.45) is 0 Å². The van der Waals surface area contributed by atoms with E-state index in [1.807, 2.05) is 23.1 Å². The summed E-state index contributed by atoms with van der Waals surface area (Å²) in [5, 5.41) is 0. The second-order valence-electron chi connectivity index (χ2n) is 6.16. The first-order valence-electron chi connectivity index (χ1n) is 8.54. The van der Waals surface area contributed by atoms with Crippen LogP contribution in [0.2, 0.25) is 0 Å². The normalized spacial score (nSPS) is 16.8. The molecular weight excluding hydrogens is 316 g/mol. The Labute approximate surface area is 146 Å². The summed E-state index contributed by atoms with van der Waals surface area (Å²) in [6.45, 7) is 3.61. The molecule has 2 aliphatic rings. The van der Waals surface area contributed by atoms with Gasteiger partial charge >= 0.3 is 0 Å².